The van der Waals surface area contributed by atoms with Crippen molar-refractivity contribution < 1.29 is 19.1 Å². The van der Waals surface area contributed by atoms with E-state index < -0.39 is 0 Å². The number of nitrogens with zero attached hydrogens (tertiary/aromatic N) is 1. The van der Waals surface area contributed by atoms with Crippen molar-refractivity contribution in [1.29, 1.82) is 0 Å². The number of carbonyl (C=O) groups excluding carboxylic acids is 3. The first-order chi connectivity index (χ1) is 16.3. The van der Waals surface area contributed by atoms with E-state index in [2.05, 4.69) is 19.2 Å². The summed E-state index contributed by atoms with van der Waals surface area (Å²) >= 11 is 0. The second kappa shape index (κ2) is 11.6. The molecule has 0 fully saturated rings. The number of hydrogen-bond acceptors (Lipinski definition) is 4. The zero-order chi connectivity index (χ0) is 24.7. The highest BCUT2D eigenvalue weighted by Gasteiger charge is 2.36. The maximum atomic E-state index is 13.1. The summed E-state index contributed by atoms with van der Waals surface area (Å²) in [5, 5.41) is 2.93. The van der Waals surface area contributed by atoms with Gasteiger partial charge in [0, 0.05) is 30.1 Å². The van der Waals surface area contributed by atoms with E-state index in [0.29, 0.717) is 35.8 Å². The number of ether oxygens (including phenoxy) is 1. The number of amides is 2. The van der Waals surface area contributed by atoms with Gasteiger partial charge in [-0.15, -0.1) is 0 Å². The molecule has 6 nitrogen and oxygen atoms in total. The lowest BCUT2D eigenvalue weighted by Crippen LogP contribution is -2.38. The highest BCUT2D eigenvalue weighted by atomic mass is 16.5. The Morgan fingerprint density at radius 2 is 1.76 bits per heavy atom. The van der Waals surface area contributed by atoms with Crippen molar-refractivity contribution in [1.82, 2.24) is 10.2 Å². The van der Waals surface area contributed by atoms with E-state index in [9.17, 15) is 14.4 Å². The predicted molar refractivity (Wildman–Crippen MR) is 132 cm³/mol. The summed E-state index contributed by atoms with van der Waals surface area (Å²) in [7, 11) is 0. The Balaban J connectivity index is 1.81. The Hall–Kier alpha value is -3.41. The molecule has 0 aromatic heterocycles. The third-order valence-corrected chi connectivity index (χ3v) is 6.08. The van der Waals surface area contributed by atoms with E-state index in [1.54, 1.807) is 30.9 Å². The van der Waals surface area contributed by atoms with Crippen molar-refractivity contribution in [2.45, 2.75) is 53.0 Å². The van der Waals surface area contributed by atoms with E-state index >= 15 is 0 Å². The third kappa shape index (κ3) is 6.13. The van der Waals surface area contributed by atoms with E-state index in [1.165, 1.54) is 0 Å². The molecule has 0 unspecified atom stereocenters. The maximum absolute atomic E-state index is 13.1. The number of benzene rings is 2. The Morgan fingerprint density at radius 1 is 1.09 bits per heavy atom. The molecule has 34 heavy (non-hydrogen) atoms. The van der Waals surface area contributed by atoms with Crippen LogP contribution in [0.1, 0.15) is 67.9 Å². The summed E-state index contributed by atoms with van der Waals surface area (Å²) in [6.45, 7) is 9.05. The minimum absolute atomic E-state index is 0.0464. The average Bonchev–Trinajstić information content (AvgIpc) is 2.82. The smallest absolute Gasteiger partial charge is 0.336 e. The first-order valence-corrected chi connectivity index (χ1v) is 11.9. The molecule has 1 aliphatic rings. The largest absolute Gasteiger partial charge is 0.463 e. The van der Waals surface area contributed by atoms with E-state index in [0.717, 1.165) is 17.5 Å². The van der Waals surface area contributed by atoms with Gasteiger partial charge in [-0.1, -0.05) is 56.3 Å². The maximum Gasteiger partial charge on any atom is 0.336 e. The quantitative estimate of drug-likeness (QED) is 0.543. The monoisotopic (exact) mass is 462 g/mol. The van der Waals surface area contributed by atoms with Crippen LogP contribution in [0.2, 0.25) is 0 Å². The van der Waals surface area contributed by atoms with Crippen LogP contribution in [0.5, 0.6) is 0 Å². The molecule has 3 rings (SSSR count). The van der Waals surface area contributed by atoms with Crippen molar-refractivity contribution in [3.8, 4) is 0 Å². The molecule has 0 saturated heterocycles. The van der Waals surface area contributed by atoms with Gasteiger partial charge in [-0.05, 0) is 49.4 Å². The Labute approximate surface area is 202 Å². The Morgan fingerprint density at radius 3 is 2.38 bits per heavy atom. The molecule has 0 saturated carbocycles. The average molecular weight is 463 g/mol. The summed E-state index contributed by atoms with van der Waals surface area (Å²) in [4.78, 5) is 40.0. The third-order valence-electron chi connectivity index (χ3n) is 6.08. The molecule has 0 bridgehead atoms. The minimum atomic E-state index is -0.389. The van der Waals surface area contributed by atoms with Gasteiger partial charge >= 0.3 is 5.97 Å². The van der Waals surface area contributed by atoms with Crippen molar-refractivity contribution in [3.05, 3.63) is 82.6 Å². The first kappa shape index (κ1) is 25.2. The summed E-state index contributed by atoms with van der Waals surface area (Å²) in [6, 6.07) is 16.8. The number of carbonyl (C=O) groups is 3. The van der Waals surface area contributed by atoms with E-state index in [-0.39, 0.29) is 36.7 Å². The molecular formula is C28H34N2O4. The van der Waals surface area contributed by atoms with Gasteiger partial charge in [0.1, 0.15) is 0 Å². The van der Waals surface area contributed by atoms with Gasteiger partial charge in [0.05, 0.1) is 18.7 Å². The van der Waals surface area contributed by atoms with Gasteiger partial charge in [-0.2, -0.15) is 0 Å². The molecule has 0 spiro atoms. The fraction of sp³-hybridized carbons (Fsp3) is 0.393. The molecule has 1 N–H and O–H groups in total. The molecule has 6 heteroatoms. The second-order valence-electron chi connectivity index (χ2n) is 9.00. The van der Waals surface area contributed by atoms with Crippen LogP contribution >= 0.6 is 0 Å². The Bertz CT molecular complexity index is 1040. The van der Waals surface area contributed by atoms with Gasteiger partial charge in [0.2, 0.25) is 5.91 Å². The van der Waals surface area contributed by atoms with Gasteiger partial charge in [-0.25, -0.2) is 4.79 Å². The highest BCUT2D eigenvalue weighted by Crippen LogP contribution is 2.37. The topological polar surface area (TPSA) is 75.7 Å². The summed E-state index contributed by atoms with van der Waals surface area (Å²) in [6.07, 6.45) is 1.13. The van der Waals surface area contributed by atoms with Crippen LogP contribution in [0, 0.1) is 5.92 Å². The van der Waals surface area contributed by atoms with Gasteiger partial charge in [0.15, 0.2) is 0 Å². The SMILES string of the molecule is CCOC(=O)C1=C(C)N(Cc2ccc(C(=O)NCCC(C)C)cc2)C(=O)C[C@H]1c1ccccc1. The fourth-order valence-corrected chi connectivity index (χ4v) is 4.17. The van der Waals surface area contributed by atoms with Crippen molar-refractivity contribution >= 4 is 17.8 Å². The van der Waals surface area contributed by atoms with Gasteiger partial charge in [-0.3, -0.25) is 9.59 Å². The molecule has 2 aromatic rings. The van der Waals surface area contributed by atoms with Crippen molar-refractivity contribution in [2.75, 3.05) is 13.2 Å². The van der Waals surface area contributed by atoms with Crippen LogP contribution < -0.4 is 5.32 Å². The molecule has 0 radical (unpaired) electrons. The lowest BCUT2D eigenvalue weighted by molar-refractivity contribution is -0.140. The lowest BCUT2D eigenvalue weighted by atomic mass is 9.83. The molecule has 1 atom stereocenters. The number of nitrogens with one attached hydrogen (secondary N) is 1. The molecule has 180 valence electrons. The number of hydrogen-bond donors (Lipinski definition) is 1. The number of rotatable bonds is 9. The molecular weight excluding hydrogens is 428 g/mol. The lowest BCUT2D eigenvalue weighted by Gasteiger charge is -2.34. The van der Waals surface area contributed by atoms with Crippen LogP contribution in [0.4, 0.5) is 0 Å². The fourth-order valence-electron chi connectivity index (χ4n) is 4.17. The van der Waals surface area contributed by atoms with Crippen molar-refractivity contribution in [2.24, 2.45) is 5.92 Å². The van der Waals surface area contributed by atoms with Gasteiger partial charge in [0.25, 0.3) is 5.91 Å². The minimum Gasteiger partial charge on any atom is -0.463 e. The normalized spacial score (nSPS) is 16.1. The van der Waals surface area contributed by atoms with E-state index in [1.807, 2.05) is 42.5 Å². The predicted octanol–water partition coefficient (Wildman–Crippen LogP) is 4.82. The number of esters is 1. The molecule has 1 aliphatic heterocycles. The summed E-state index contributed by atoms with van der Waals surface area (Å²) in [5.41, 5.74) is 3.52. The van der Waals surface area contributed by atoms with E-state index in [4.69, 9.17) is 4.74 Å². The summed E-state index contributed by atoms with van der Waals surface area (Å²) in [5.74, 6) is -0.342. The summed E-state index contributed by atoms with van der Waals surface area (Å²) < 4.78 is 5.35. The number of allylic oxidation sites excluding steroid dienone is 1. The standard InChI is InChI=1S/C28H34N2O4/c1-5-34-28(33)26-20(4)30(25(31)17-24(26)22-9-7-6-8-10-22)18-21-11-13-23(14-12-21)27(32)29-16-15-19(2)3/h6-14,19,24H,5,15-18H2,1-4H3,(H,29,32)/t24-/m0/s1. The first-order valence-electron chi connectivity index (χ1n) is 11.9. The second-order valence-corrected chi connectivity index (χ2v) is 9.00. The zero-order valence-electron chi connectivity index (χ0n) is 20.5. The molecule has 0 aliphatic carbocycles. The van der Waals surface area contributed by atoms with Crippen LogP contribution in [0.15, 0.2) is 65.9 Å². The molecule has 2 aromatic carbocycles. The molecule has 2 amide bonds. The Kier molecular flexibility index (Phi) is 8.63. The molecule has 1 heterocycles. The van der Waals surface area contributed by atoms with Gasteiger partial charge < -0.3 is 15.0 Å². The van der Waals surface area contributed by atoms with Crippen molar-refractivity contribution in [3.63, 3.8) is 0 Å². The van der Waals surface area contributed by atoms with Crippen LogP contribution in [-0.4, -0.2) is 35.8 Å². The zero-order valence-corrected chi connectivity index (χ0v) is 20.5. The van der Waals surface area contributed by atoms with Crippen LogP contribution in [0.25, 0.3) is 0 Å². The van der Waals surface area contributed by atoms with Crippen LogP contribution in [-0.2, 0) is 20.9 Å². The highest BCUT2D eigenvalue weighted by molar-refractivity contribution is 5.96. The van der Waals surface area contributed by atoms with Crippen LogP contribution in [0.3, 0.4) is 0 Å².